The number of hydrogen-bond donors (Lipinski definition) is 1. The highest BCUT2D eigenvalue weighted by molar-refractivity contribution is 7.12. The third-order valence-corrected chi connectivity index (χ3v) is 7.47. The van der Waals surface area contributed by atoms with E-state index in [9.17, 15) is 14.4 Å². The van der Waals surface area contributed by atoms with Crippen LogP contribution in [0.2, 0.25) is 0 Å². The van der Waals surface area contributed by atoms with E-state index in [1.807, 2.05) is 65.8 Å². The number of benzene rings is 1. The molecule has 220 valence electrons. The van der Waals surface area contributed by atoms with Gasteiger partial charge < -0.3 is 24.6 Å². The predicted octanol–water partition coefficient (Wildman–Crippen LogP) is 7.19. The van der Waals surface area contributed by atoms with Crippen LogP contribution in [0.4, 0.5) is 19.7 Å². The molecule has 3 heterocycles. The van der Waals surface area contributed by atoms with Crippen LogP contribution in [0.3, 0.4) is 0 Å². The van der Waals surface area contributed by atoms with Crippen LogP contribution in [0.25, 0.3) is 11.1 Å². The number of nitrogens with one attached hydrogen (secondary N) is 1. The molecule has 2 aliphatic rings. The van der Waals surface area contributed by atoms with Gasteiger partial charge in [0.1, 0.15) is 16.1 Å². The highest BCUT2D eigenvalue weighted by Gasteiger charge is 2.27. The minimum Gasteiger partial charge on any atom is -0.444 e. The lowest BCUT2D eigenvalue weighted by molar-refractivity contribution is 0.0260. The molecule has 1 N–H and O–H groups in total. The monoisotopic (exact) mass is 583 g/mol. The molecule has 1 aromatic carbocycles. The topological polar surface area (TPSA) is 88.2 Å². The molecule has 10 heteroatoms. The van der Waals surface area contributed by atoms with E-state index < -0.39 is 29.0 Å². The fourth-order valence-electron chi connectivity index (χ4n) is 4.50. The van der Waals surface area contributed by atoms with Crippen molar-refractivity contribution >= 4 is 46.3 Å². The van der Waals surface area contributed by atoms with Gasteiger partial charge in [0.2, 0.25) is 0 Å². The van der Waals surface area contributed by atoms with Gasteiger partial charge in [-0.25, -0.2) is 14.0 Å². The van der Waals surface area contributed by atoms with Crippen molar-refractivity contribution in [3.05, 3.63) is 63.6 Å². The average molecular weight is 584 g/mol. The first-order valence-corrected chi connectivity index (χ1v) is 14.6. The van der Waals surface area contributed by atoms with Crippen molar-refractivity contribution in [2.45, 2.75) is 65.6 Å². The first kappa shape index (κ1) is 30.3. The largest absolute Gasteiger partial charge is 0.444 e. The molecule has 0 aliphatic carbocycles. The number of anilines is 1. The van der Waals surface area contributed by atoms with Gasteiger partial charge in [-0.15, -0.1) is 11.3 Å². The summed E-state index contributed by atoms with van der Waals surface area (Å²) in [7, 11) is 0. The second-order valence-corrected chi connectivity index (χ2v) is 13.0. The number of ether oxygens (including phenoxy) is 2. The fourth-order valence-corrected chi connectivity index (χ4v) is 5.36. The standard InChI is InChI=1S/C31H38FN3O5S/c1-30(2,3)39-28(37)34-15-11-21(12-16-34)20-7-9-23(10-8-20)33-27(36)26-25(32)24(19-41-26)22-13-17-35(18-14-22)29(38)40-31(4,5)6/h7-11,13,19H,12,14-18H2,1-6H3,(H,33,36). The summed E-state index contributed by atoms with van der Waals surface area (Å²) in [4.78, 5) is 40.8. The maximum Gasteiger partial charge on any atom is 0.410 e. The molecule has 0 saturated carbocycles. The first-order chi connectivity index (χ1) is 19.2. The number of rotatable bonds is 4. The summed E-state index contributed by atoms with van der Waals surface area (Å²) in [5.41, 5.74) is 2.72. The van der Waals surface area contributed by atoms with E-state index in [0.717, 1.165) is 28.0 Å². The molecule has 41 heavy (non-hydrogen) atoms. The number of thiophene rings is 1. The Morgan fingerprint density at radius 3 is 1.80 bits per heavy atom. The number of hydrogen-bond acceptors (Lipinski definition) is 6. The molecule has 0 saturated heterocycles. The van der Waals surface area contributed by atoms with Crippen LogP contribution in [-0.2, 0) is 9.47 Å². The van der Waals surface area contributed by atoms with Crippen LogP contribution in [0.1, 0.15) is 75.2 Å². The highest BCUT2D eigenvalue weighted by atomic mass is 32.1. The van der Waals surface area contributed by atoms with Crippen LogP contribution in [0.5, 0.6) is 0 Å². The van der Waals surface area contributed by atoms with E-state index in [-0.39, 0.29) is 11.0 Å². The summed E-state index contributed by atoms with van der Waals surface area (Å²) < 4.78 is 26.2. The Balaban J connectivity index is 1.34. The van der Waals surface area contributed by atoms with Crippen LogP contribution in [0, 0.1) is 5.82 Å². The van der Waals surface area contributed by atoms with Gasteiger partial charge in [0, 0.05) is 42.8 Å². The Kier molecular flexibility index (Phi) is 8.91. The van der Waals surface area contributed by atoms with Crippen molar-refractivity contribution in [3.8, 4) is 0 Å². The Hall–Kier alpha value is -3.66. The number of nitrogens with zero attached hydrogens (tertiary/aromatic N) is 2. The summed E-state index contributed by atoms with van der Waals surface area (Å²) in [6.07, 6.45) is 4.27. The third-order valence-electron chi connectivity index (χ3n) is 6.52. The lowest BCUT2D eigenvalue weighted by Gasteiger charge is -2.29. The first-order valence-electron chi connectivity index (χ1n) is 13.7. The molecule has 3 amide bonds. The zero-order valence-electron chi connectivity index (χ0n) is 24.5. The quantitative estimate of drug-likeness (QED) is 0.412. The molecule has 8 nitrogen and oxygen atoms in total. The van der Waals surface area contributed by atoms with Gasteiger partial charge in [-0.1, -0.05) is 24.3 Å². The Morgan fingerprint density at radius 2 is 1.34 bits per heavy atom. The van der Waals surface area contributed by atoms with Crippen molar-refractivity contribution in [1.82, 2.24) is 9.80 Å². The van der Waals surface area contributed by atoms with E-state index in [2.05, 4.69) is 5.32 Å². The smallest absolute Gasteiger partial charge is 0.410 e. The van der Waals surface area contributed by atoms with Gasteiger partial charge in [-0.05, 0) is 83.2 Å². The molecular formula is C31H38FN3O5S. The number of carbonyl (C=O) groups is 3. The van der Waals surface area contributed by atoms with Crippen molar-refractivity contribution < 1.29 is 28.2 Å². The van der Waals surface area contributed by atoms with E-state index >= 15 is 4.39 Å². The summed E-state index contributed by atoms with van der Waals surface area (Å²) in [5.74, 6) is -1.06. The lowest BCUT2D eigenvalue weighted by Crippen LogP contribution is -2.39. The summed E-state index contributed by atoms with van der Waals surface area (Å²) in [6.45, 7) is 12.8. The maximum absolute atomic E-state index is 15.3. The van der Waals surface area contributed by atoms with Crippen molar-refractivity contribution in [2.75, 3.05) is 31.5 Å². The van der Waals surface area contributed by atoms with E-state index in [4.69, 9.17) is 9.47 Å². The van der Waals surface area contributed by atoms with Gasteiger partial charge in [0.05, 0.1) is 0 Å². The van der Waals surface area contributed by atoms with E-state index in [1.165, 1.54) is 0 Å². The summed E-state index contributed by atoms with van der Waals surface area (Å²) in [6, 6.07) is 7.39. The number of carbonyl (C=O) groups excluding carboxylic acids is 3. The molecule has 0 radical (unpaired) electrons. The number of amides is 3. The normalized spacial score (nSPS) is 16.1. The highest BCUT2D eigenvalue weighted by Crippen LogP contribution is 2.32. The molecule has 0 fully saturated rings. The Bertz CT molecular complexity index is 1370. The minimum absolute atomic E-state index is 0.0109. The summed E-state index contributed by atoms with van der Waals surface area (Å²) in [5, 5.41) is 4.44. The zero-order valence-corrected chi connectivity index (χ0v) is 25.3. The minimum atomic E-state index is -0.582. The van der Waals surface area contributed by atoms with Gasteiger partial charge in [-0.2, -0.15) is 0 Å². The van der Waals surface area contributed by atoms with Crippen molar-refractivity contribution in [1.29, 1.82) is 0 Å². The lowest BCUT2D eigenvalue weighted by atomic mass is 9.99. The molecule has 2 aliphatic heterocycles. The second-order valence-electron chi connectivity index (χ2n) is 12.1. The van der Waals surface area contributed by atoms with Gasteiger partial charge in [-0.3, -0.25) is 4.79 Å². The summed E-state index contributed by atoms with van der Waals surface area (Å²) >= 11 is 1.06. The van der Waals surface area contributed by atoms with E-state index in [0.29, 0.717) is 50.3 Å². The van der Waals surface area contributed by atoms with Crippen LogP contribution in [0.15, 0.2) is 41.8 Å². The van der Waals surface area contributed by atoms with E-state index in [1.54, 1.807) is 27.3 Å². The Labute approximate surface area is 244 Å². The third kappa shape index (κ3) is 7.97. The molecule has 2 aromatic rings. The van der Waals surface area contributed by atoms with Crippen LogP contribution in [-0.4, -0.2) is 65.3 Å². The van der Waals surface area contributed by atoms with Crippen LogP contribution < -0.4 is 5.32 Å². The van der Waals surface area contributed by atoms with Gasteiger partial charge >= 0.3 is 12.2 Å². The predicted molar refractivity (Wildman–Crippen MR) is 159 cm³/mol. The van der Waals surface area contributed by atoms with Gasteiger partial charge in [0.25, 0.3) is 5.91 Å². The molecule has 0 spiro atoms. The second kappa shape index (κ2) is 12.1. The zero-order chi connectivity index (χ0) is 29.9. The molecule has 0 unspecified atom stereocenters. The van der Waals surface area contributed by atoms with Gasteiger partial charge in [0.15, 0.2) is 5.82 Å². The fraction of sp³-hybridized carbons (Fsp3) is 0.452. The molecule has 1 aromatic heterocycles. The van der Waals surface area contributed by atoms with Crippen molar-refractivity contribution in [3.63, 3.8) is 0 Å². The van der Waals surface area contributed by atoms with Crippen molar-refractivity contribution in [2.24, 2.45) is 0 Å². The SMILES string of the molecule is CC(C)(C)OC(=O)N1CC=C(c2ccc(NC(=O)c3scc(C4=CCN(C(=O)OC(C)(C)C)CC4)c3F)cc2)CC1. The average Bonchev–Trinajstić information content (AvgIpc) is 3.28. The number of halogens is 1. The molecule has 0 atom stereocenters. The maximum atomic E-state index is 15.3. The molecular weight excluding hydrogens is 545 g/mol. The Morgan fingerprint density at radius 1 is 0.829 bits per heavy atom. The molecule has 0 bridgehead atoms. The molecule has 4 rings (SSSR count). The van der Waals surface area contributed by atoms with Crippen LogP contribution >= 0.6 is 11.3 Å².